The maximum Gasteiger partial charge on any atom is 0.338 e. The minimum atomic E-state index is -3.97. The van der Waals surface area contributed by atoms with Gasteiger partial charge in [0.15, 0.2) is 0 Å². The maximum atomic E-state index is 13.1. The lowest BCUT2D eigenvalue weighted by atomic mass is 10.2. The van der Waals surface area contributed by atoms with Crippen LogP contribution >= 0.6 is 22.7 Å². The van der Waals surface area contributed by atoms with Gasteiger partial charge >= 0.3 is 5.97 Å². The highest BCUT2D eigenvalue weighted by atomic mass is 32.3. The zero-order valence-electron chi connectivity index (χ0n) is 21.1. The molecule has 0 atom stereocenters. The fraction of sp³-hybridized carbons (Fsp3) is 0.0357. The zero-order valence-corrected chi connectivity index (χ0v) is 24.4. The third kappa shape index (κ3) is 7.32. The number of thiophene rings is 2. The van der Waals surface area contributed by atoms with Gasteiger partial charge in [-0.25, -0.2) is 21.6 Å². The van der Waals surface area contributed by atoms with Crippen LogP contribution < -0.4 is 14.2 Å². The third-order valence-corrected chi connectivity index (χ3v) is 11.0. The van der Waals surface area contributed by atoms with Crippen LogP contribution in [0.25, 0.3) is 0 Å². The number of benzene rings is 3. The van der Waals surface area contributed by atoms with Gasteiger partial charge in [0, 0.05) is 0 Å². The normalized spacial score (nSPS) is 11.5. The molecule has 0 bridgehead atoms. The Morgan fingerprint density at radius 1 is 0.659 bits per heavy atom. The first kappa shape index (κ1) is 28.4. The summed E-state index contributed by atoms with van der Waals surface area (Å²) < 4.78 is 67.6. The molecule has 3 aromatic carbocycles. The number of ether oxygens (including phenoxy) is 2. The first-order valence-electron chi connectivity index (χ1n) is 11.9. The van der Waals surface area contributed by atoms with Crippen LogP contribution in [0.3, 0.4) is 0 Å². The lowest BCUT2D eigenvalue weighted by Crippen LogP contribution is -2.15. The van der Waals surface area contributed by atoms with Gasteiger partial charge in [0.25, 0.3) is 20.0 Å². The molecular weight excluding hydrogens is 605 g/mol. The van der Waals surface area contributed by atoms with Gasteiger partial charge in [0.2, 0.25) is 0 Å². The highest BCUT2D eigenvalue weighted by Gasteiger charge is 2.21. The predicted octanol–water partition coefficient (Wildman–Crippen LogP) is 6.56. The van der Waals surface area contributed by atoms with Crippen LogP contribution in [0, 0.1) is 0 Å². The number of carbonyl (C=O) groups is 1. The largest absolute Gasteiger partial charge is 0.457 e. The molecule has 5 aromatic rings. The van der Waals surface area contributed by atoms with Crippen LogP contribution in [0.2, 0.25) is 0 Å². The molecule has 9 nitrogen and oxygen atoms in total. The van der Waals surface area contributed by atoms with Crippen molar-refractivity contribution in [1.82, 2.24) is 0 Å². The van der Waals surface area contributed by atoms with E-state index in [9.17, 15) is 21.6 Å². The Hall–Kier alpha value is -4.17. The molecule has 2 aromatic heterocycles. The second-order valence-corrected chi connectivity index (χ2v) is 14.2. The van der Waals surface area contributed by atoms with Gasteiger partial charge in [-0.1, -0.05) is 42.5 Å². The molecule has 0 aliphatic rings. The fourth-order valence-electron chi connectivity index (χ4n) is 3.66. The molecule has 0 fully saturated rings. The van der Waals surface area contributed by atoms with Crippen LogP contribution in [-0.4, -0.2) is 22.8 Å². The SMILES string of the molecule is O=C(OCc1cccc(Oc2ccccc2)c1)c1cc(NS(=O)(=O)c2cccs2)cc(NS(=O)(=O)c2cccs2)c1. The van der Waals surface area contributed by atoms with Gasteiger partial charge in [0.05, 0.1) is 16.9 Å². The minimum Gasteiger partial charge on any atom is -0.457 e. The number of hydrogen-bond donors (Lipinski definition) is 2. The van der Waals surface area contributed by atoms with Crippen LogP contribution in [0.1, 0.15) is 15.9 Å². The Morgan fingerprint density at radius 3 is 1.80 bits per heavy atom. The Morgan fingerprint density at radius 2 is 1.24 bits per heavy atom. The minimum absolute atomic E-state index is 0.0185. The van der Waals surface area contributed by atoms with E-state index in [0.29, 0.717) is 17.1 Å². The summed E-state index contributed by atoms with van der Waals surface area (Å²) in [5, 5.41) is 3.23. The molecule has 5 rings (SSSR count). The Kier molecular flexibility index (Phi) is 8.40. The molecule has 0 amide bonds. The summed E-state index contributed by atoms with van der Waals surface area (Å²) in [5.41, 5.74) is 0.557. The van der Waals surface area contributed by atoms with E-state index in [-0.39, 0.29) is 32.0 Å². The van der Waals surface area contributed by atoms with E-state index in [1.165, 1.54) is 30.3 Å². The van der Waals surface area contributed by atoms with E-state index in [2.05, 4.69) is 9.44 Å². The quantitative estimate of drug-likeness (QED) is 0.159. The van der Waals surface area contributed by atoms with Gasteiger partial charge < -0.3 is 9.47 Å². The molecule has 210 valence electrons. The van der Waals surface area contributed by atoms with Crippen LogP contribution in [0.4, 0.5) is 11.4 Å². The Labute approximate surface area is 245 Å². The number of hydrogen-bond acceptors (Lipinski definition) is 9. The summed E-state index contributed by atoms with van der Waals surface area (Å²) in [6.45, 7) is -0.105. The van der Waals surface area contributed by atoms with Crippen molar-refractivity contribution in [1.29, 1.82) is 0 Å². The van der Waals surface area contributed by atoms with Gasteiger partial charge in [-0.3, -0.25) is 9.44 Å². The van der Waals surface area contributed by atoms with Crippen molar-refractivity contribution >= 4 is 60.1 Å². The molecule has 0 aliphatic carbocycles. The molecule has 0 radical (unpaired) electrons. The number of esters is 1. The van der Waals surface area contributed by atoms with E-state index in [4.69, 9.17) is 9.47 Å². The Bertz CT molecular complexity index is 1770. The molecule has 0 aliphatic heterocycles. The summed E-state index contributed by atoms with van der Waals surface area (Å²) in [7, 11) is -7.95. The predicted molar refractivity (Wildman–Crippen MR) is 159 cm³/mol. The average Bonchev–Trinajstić information content (AvgIpc) is 3.68. The lowest BCUT2D eigenvalue weighted by molar-refractivity contribution is 0.0472. The number of carbonyl (C=O) groups excluding carboxylic acids is 1. The standard InChI is InChI=1S/C28H22N2O7S4/c31-28(36-19-20-7-4-10-25(15-20)37-24-8-2-1-3-9-24)21-16-22(29-40(32,33)26-11-5-13-38-26)18-23(17-21)30-41(34,35)27-12-6-14-39-27/h1-18,29-30H,19H2. The highest BCUT2D eigenvalue weighted by Crippen LogP contribution is 2.28. The van der Waals surface area contributed by atoms with Crippen molar-refractivity contribution in [2.45, 2.75) is 15.0 Å². The van der Waals surface area contributed by atoms with Gasteiger partial charge in [0.1, 0.15) is 26.5 Å². The van der Waals surface area contributed by atoms with Crippen molar-refractivity contribution in [3.8, 4) is 11.5 Å². The summed E-state index contributed by atoms with van der Waals surface area (Å²) in [4.78, 5) is 13.1. The van der Waals surface area contributed by atoms with Crippen LogP contribution in [-0.2, 0) is 31.4 Å². The molecule has 0 spiro atoms. The lowest BCUT2D eigenvalue weighted by Gasteiger charge is -2.13. The van der Waals surface area contributed by atoms with E-state index in [0.717, 1.165) is 22.7 Å². The third-order valence-electron chi connectivity index (χ3n) is 5.44. The number of rotatable bonds is 11. The molecule has 0 unspecified atom stereocenters. The average molecular weight is 627 g/mol. The van der Waals surface area contributed by atoms with Gasteiger partial charge in [-0.15, -0.1) is 22.7 Å². The summed E-state index contributed by atoms with van der Waals surface area (Å²) in [6, 6.07) is 26.1. The highest BCUT2D eigenvalue weighted by molar-refractivity contribution is 7.95. The van der Waals surface area contributed by atoms with E-state index >= 15 is 0 Å². The topological polar surface area (TPSA) is 128 Å². The smallest absolute Gasteiger partial charge is 0.338 e. The van der Waals surface area contributed by atoms with Gasteiger partial charge in [-0.05, 0) is 70.9 Å². The summed E-state index contributed by atoms with van der Waals surface area (Å²) in [5.74, 6) is 0.425. The fourth-order valence-corrected chi connectivity index (χ4v) is 7.73. The molecule has 0 saturated carbocycles. The molecule has 41 heavy (non-hydrogen) atoms. The Balaban J connectivity index is 1.37. The van der Waals surface area contributed by atoms with Crippen molar-refractivity contribution in [2.24, 2.45) is 0 Å². The molecule has 13 heteroatoms. The second kappa shape index (κ2) is 12.1. The first-order valence-corrected chi connectivity index (χ1v) is 16.7. The number of sulfonamides is 2. The van der Waals surface area contributed by atoms with Crippen LogP contribution in [0.15, 0.2) is 116 Å². The summed E-state index contributed by atoms with van der Waals surface area (Å²) >= 11 is 2.03. The van der Waals surface area contributed by atoms with E-state index in [1.54, 1.807) is 47.2 Å². The second-order valence-electron chi connectivity index (χ2n) is 8.51. The van der Waals surface area contributed by atoms with Crippen LogP contribution in [0.5, 0.6) is 11.5 Å². The van der Waals surface area contributed by atoms with E-state index in [1.807, 2.05) is 30.3 Å². The molecule has 0 saturated heterocycles. The first-order chi connectivity index (χ1) is 19.7. The van der Waals surface area contributed by atoms with Gasteiger partial charge in [-0.2, -0.15) is 0 Å². The molecule has 2 N–H and O–H groups in total. The molecule has 2 heterocycles. The number of para-hydroxylation sites is 1. The molecular formula is C28H22N2O7S4. The number of nitrogens with one attached hydrogen (secondary N) is 2. The summed E-state index contributed by atoms with van der Waals surface area (Å²) in [6.07, 6.45) is 0. The van der Waals surface area contributed by atoms with Crippen molar-refractivity contribution in [3.05, 3.63) is 119 Å². The maximum absolute atomic E-state index is 13.1. The van der Waals surface area contributed by atoms with Crippen molar-refractivity contribution in [2.75, 3.05) is 9.44 Å². The monoisotopic (exact) mass is 626 g/mol. The van der Waals surface area contributed by atoms with Crippen molar-refractivity contribution < 1.29 is 31.1 Å². The zero-order chi connectivity index (χ0) is 28.9. The van der Waals surface area contributed by atoms with E-state index < -0.39 is 26.0 Å². The van der Waals surface area contributed by atoms with Crippen molar-refractivity contribution in [3.63, 3.8) is 0 Å². The number of anilines is 2.